The van der Waals surface area contributed by atoms with Gasteiger partial charge in [-0.05, 0) is 57.4 Å². The molecule has 0 bridgehead atoms. The van der Waals surface area contributed by atoms with Crippen LogP contribution in [0.15, 0.2) is 12.7 Å². The van der Waals surface area contributed by atoms with Crippen molar-refractivity contribution < 1.29 is 42.9 Å². The second-order valence-corrected chi connectivity index (χ2v) is 8.28. The molecule has 35 heavy (non-hydrogen) atoms. The van der Waals surface area contributed by atoms with Crippen LogP contribution in [0.2, 0.25) is 0 Å². The molecule has 0 saturated heterocycles. The van der Waals surface area contributed by atoms with E-state index in [-0.39, 0.29) is 61.6 Å². The summed E-state index contributed by atoms with van der Waals surface area (Å²) in [6.45, 7) is 7.80. The minimum atomic E-state index is -0.338. The lowest BCUT2D eigenvalue weighted by Crippen LogP contribution is -2.18. The molecule has 1 unspecified atom stereocenters. The predicted molar refractivity (Wildman–Crippen MR) is 129 cm³/mol. The molecule has 0 aromatic carbocycles. The number of hydrogen-bond donors (Lipinski definition) is 0. The van der Waals surface area contributed by atoms with Gasteiger partial charge < -0.3 is 18.9 Å². The monoisotopic (exact) mass is 498 g/mol. The molecule has 0 aliphatic heterocycles. The first-order valence-corrected chi connectivity index (χ1v) is 12.6. The Balaban J connectivity index is 3.49. The number of unbranched alkanes of at least 4 members (excludes halogenated alkanes) is 4. The highest BCUT2D eigenvalue weighted by atomic mass is 16.6. The Morgan fingerprint density at radius 3 is 1.57 bits per heavy atom. The van der Waals surface area contributed by atoms with Gasteiger partial charge in [0.05, 0.1) is 19.1 Å². The molecule has 0 aromatic rings. The lowest BCUT2D eigenvalue weighted by Gasteiger charge is -2.09. The average Bonchev–Trinajstić information content (AvgIpc) is 2.85. The normalized spacial score (nSPS) is 11.3. The molecule has 200 valence electrons. The zero-order valence-corrected chi connectivity index (χ0v) is 21.3. The number of carbonyl (C=O) groups excluding carboxylic acids is 5. The molecule has 0 heterocycles. The Morgan fingerprint density at radius 1 is 0.629 bits per heavy atom. The first kappa shape index (κ1) is 32.3. The molecule has 0 amide bonds. The van der Waals surface area contributed by atoms with Crippen molar-refractivity contribution in [3.63, 3.8) is 0 Å². The maximum atomic E-state index is 11.7. The fourth-order valence-electron chi connectivity index (χ4n) is 2.80. The van der Waals surface area contributed by atoms with Gasteiger partial charge in [0.25, 0.3) is 0 Å². The van der Waals surface area contributed by atoms with E-state index in [4.69, 9.17) is 18.9 Å². The minimum absolute atomic E-state index is 0.0549. The number of carbonyl (C=O) groups is 5. The molecule has 0 rings (SSSR count). The maximum Gasteiger partial charge on any atom is 0.308 e. The topological polar surface area (TPSA) is 122 Å². The summed E-state index contributed by atoms with van der Waals surface area (Å²) in [6.07, 6.45) is 7.60. The summed E-state index contributed by atoms with van der Waals surface area (Å²) in [4.78, 5) is 57.4. The van der Waals surface area contributed by atoms with Crippen molar-refractivity contribution in [2.45, 2.75) is 90.9 Å². The second kappa shape index (κ2) is 21.8. The summed E-state index contributed by atoms with van der Waals surface area (Å²) in [5.41, 5.74) is 0. The maximum absolute atomic E-state index is 11.7. The number of hydrogen-bond acceptors (Lipinski definition) is 9. The van der Waals surface area contributed by atoms with Gasteiger partial charge in [0.2, 0.25) is 0 Å². The standard InChI is InChI=1S/C26H42O9/c1-4-21(3)26(31)35-20-19-34-24(29)15-9-7-10-17-32-23(28)14-8-6-11-18-33-25(30)16-12-13-22(27)5-2/h5,21H,2,4,6-20H2,1,3H3. The zero-order valence-electron chi connectivity index (χ0n) is 21.3. The molecular formula is C26H42O9. The van der Waals surface area contributed by atoms with Gasteiger partial charge in [-0.1, -0.05) is 20.4 Å². The number of ether oxygens (including phenoxy) is 4. The molecule has 1 atom stereocenters. The Morgan fingerprint density at radius 2 is 1.09 bits per heavy atom. The van der Waals surface area contributed by atoms with Crippen LogP contribution >= 0.6 is 0 Å². The molecule has 0 aliphatic rings. The summed E-state index contributed by atoms with van der Waals surface area (Å²) in [6, 6.07) is 0. The largest absolute Gasteiger partial charge is 0.466 e. The Hall–Kier alpha value is -2.71. The SMILES string of the molecule is C=CC(=O)CCCC(=O)OCCCCCC(=O)OCCCCCC(=O)OCCOC(=O)C(C)CC. The third kappa shape index (κ3) is 20.4. The summed E-state index contributed by atoms with van der Waals surface area (Å²) in [7, 11) is 0. The van der Waals surface area contributed by atoms with E-state index in [1.54, 1.807) is 6.92 Å². The van der Waals surface area contributed by atoms with Gasteiger partial charge in [0, 0.05) is 25.7 Å². The van der Waals surface area contributed by atoms with Gasteiger partial charge in [-0.15, -0.1) is 0 Å². The van der Waals surface area contributed by atoms with Gasteiger partial charge in [-0.3, -0.25) is 24.0 Å². The Bertz CT molecular complexity index is 657. The molecule has 0 radical (unpaired) electrons. The van der Waals surface area contributed by atoms with Crippen molar-refractivity contribution in [1.82, 2.24) is 0 Å². The molecule has 0 aliphatic carbocycles. The Labute approximate surface area is 208 Å². The lowest BCUT2D eigenvalue weighted by atomic mass is 10.1. The second-order valence-electron chi connectivity index (χ2n) is 8.28. The molecule has 0 N–H and O–H groups in total. The molecule has 9 heteroatoms. The van der Waals surface area contributed by atoms with Crippen molar-refractivity contribution in [3.8, 4) is 0 Å². The van der Waals surface area contributed by atoms with E-state index in [9.17, 15) is 24.0 Å². The molecular weight excluding hydrogens is 456 g/mol. The molecule has 0 aromatic heterocycles. The summed E-state index contributed by atoms with van der Waals surface area (Å²) in [5.74, 6) is -1.45. The van der Waals surface area contributed by atoms with Crippen LogP contribution in [0.25, 0.3) is 0 Å². The highest BCUT2D eigenvalue weighted by Crippen LogP contribution is 2.07. The van der Waals surface area contributed by atoms with E-state index in [2.05, 4.69) is 6.58 Å². The first-order chi connectivity index (χ1) is 16.8. The number of esters is 4. The summed E-state index contributed by atoms with van der Waals surface area (Å²) < 4.78 is 20.3. The molecule has 9 nitrogen and oxygen atoms in total. The van der Waals surface area contributed by atoms with Crippen molar-refractivity contribution in [1.29, 1.82) is 0 Å². The van der Waals surface area contributed by atoms with Crippen LogP contribution in [0.1, 0.15) is 90.9 Å². The van der Waals surface area contributed by atoms with E-state index in [1.807, 2.05) is 6.92 Å². The molecule has 0 saturated carbocycles. The van der Waals surface area contributed by atoms with Gasteiger partial charge in [-0.25, -0.2) is 0 Å². The van der Waals surface area contributed by atoms with Gasteiger partial charge >= 0.3 is 23.9 Å². The lowest BCUT2D eigenvalue weighted by molar-refractivity contribution is -0.154. The summed E-state index contributed by atoms with van der Waals surface area (Å²) in [5, 5.41) is 0. The quantitative estimate of drug-likeness (QED) is 0.0932. The van der Waals surface area contributed by atoms with Gasteiger partial charge in [-0.2, -0.15) is 0 Å². The van der Waals surface area contributed by atoms with Crippen LogP contribution < -0.4 is 0 Å². The van der Waals surface area contributed by atoms with Crippen LogP contribution in [-0.4, -0.2) is 56.1 Å². The fourth-order valence-corrected chi connectivity index (χ4v) is 2.80. The number of allylic oxidation sites excluding steroid dienone is 1. The van der Waals surface area contributed by atoms with Crippen molar-refractivity contribution in [2.24, 2.45) is 5.92 Å². The van der Waals surface area contributed by atoms with E-state index in [1.165, 1.54) is 6.08 Å². The van der Waals surface area contributed by atoms with Gasteiger partial charge in [0.1, 0.15) is 13.2 Å². The third-order valence-electron chi connectivity index (χ3n) is 5.21. The van der Waals surface area contributed by atoms with Crippen LogP contribution in [0.4, 0.5) is 0 Å². The first-order valence-electron chi connectivity index (χ1n) is 12.6. The Kier molecular flexibility index (Phi) is 20.1. The number of ketones is 1. The molecule has 0 spiro atoms. The smallest absolute Gasteiger partial charge is 0.308 e. The van der Waals surface area contributed by atoms with Crippen molar-refractivity contribution in [2.75, 3.05) is 26.4 Å². The summed E-state index contributed by atoms with van der Waals surface area (Å²) >= 11 is 0. The van der Waals surface area contributed by atoms with Crippen molar-refractivity contribution in [3.05, 3.63) is 12.7 Å². The number of rotatable bonds is 22. The third-order valence-corrected chi connectivity index (χ3v) is 5.21. The predicted octanol–water partition coefficient (Wildman–Crippen LogP) is 4.25. The van der Waals surface area contributed by atoms with Crippen LogP contribution in [-0.2, 0) is 42.9 Å². The van der Waals surface area contributed by atoms with E-state index in [0.29, 0.717) is 64.6 Å². The van der Waals surface area contributed by atoms with E-state index >= 15 is 0 Å². The van der Waals surface area contributed by atoms with E-state index < -0.39 is 0 Å². The van der Waals surface area contributed by atoms with Crippen molar-refractivity contribution >= 4 is 29.7 Å². The minimum Gasteiger partial charge on any atom is -0.466 e. The van der Waals surface area contributed by atoms with Crippen LogP contribution in [0.5, 0.6) is 0 Å². The molecule has 0 fully saturated rings. The van der Waals surface area contributed by atoms with E-state index in [0.717, 1.165) is 12.8 Å². The van der Waals surface area contributed by atoms with Crippen LogP contribution in [0.3, 0.4) is 0 Å². The van der Waals surface area contributed by atoms with Gasteiger partial charge in [0.15, 0.2) is 5.78 Å². The van der Waals surface area contributed by atoms with Crippen LogP contribution in [0, 0.1) is 5.92 Å². The average molecular weight is 499 g/mol. The highest BCUT2D eigenvalue weighted by molar-refractivity contribution is 5.89. The zero-order chi connectivity index (χ0) is 26.3. The fraction of sp³-hybridized carbons (Fsp3) is 0.731. The highest BCUT2D eigenvalue weighted by Gasteiger charge is 2.12.